The molecular formula is C18H17ClN2O5S. The van der Waals surface area contributed by atoms with Gasteiger partial charge in [0.25, 0.3) is 5.91 Å². The van der Waals surface area contributed by atoms with Crippen molar-refractivity contribution in [2.45, 2.75) is 11.8 Å². The van der Waals surface area contributed by atoms with E-state index in [1.165, 1.54) is 0 Å². The SMILES string of the molecule is O=C1COC(=O)N1CC(NS(=O)(=O)Cc1cccc(Cl)c1)c1ccccc1. The van der Waals surface area contributed by atoms with Crippen LogP contribution in [0.3, 0.4) is 0 Å². The molecule has 0 bridgehead atoms. The van der Waals surface area contributed by atoms with Crippen molar-refractivity contribution in [1.82, 2.24) is 9.62 Å². The van der Waals surface area contributed by atoms with E-state index in [9.17, 15) is 18.0 Å². The van der Waals surface area contributed by atoms with Gasteiger partial charge < -0.3 is 4.74 Å². The number of hydrogen-bond donors (Lipinski definition) is 1. The number of nitrogens with one attached hydrogen (secondary N) is 1. The maximum absolute atomic E-state index is 12.7. The van der Waals surface area contributed by atoms with Crippen molar-refractivity contribution in [2.75, 3.05) is 13.2 Å². The van der Waals surface area contributed by atoms with Crippen molar-refractivity contribution >= 4 is 33.6 Å². The summed E-state index contributed by atoms with van der Waals surface area (Å²) in [6, 6.07) is 14.5. The smallest absolute Gasteiger partial charge is 0.417 e. The van der Waals surface area contributed by atoms with E-state index in [0.717, 1.165) is 4.90 Å². The molecule has 0 spiro atoms. The van der Waals surface area contributed by atoms with E-state index >= 15 is 0 Å². The van der Waals surface area contributed by atoms with Gasteiger partial charge in [-0.15, -0.1) is 0 Å². The van der Waals surface area contributed by atoms with E-state index in [1.807, 2.05) is 0 Å². The highest BCUT2D eigenvalue weighted by Gasteiger charge is 2.34. The molecule has 1 saturated heterocycles. The molecule has 0 saturated carbocycles. The summed E-state index contributed by atoms with van der Waals surface area (Å²) in [5, 5.41) is 0.438. The Morgan fingerprint density at radius 2 is 1.85 bits per heavy atom. The Bertz CT molecular complexity index is 933. The number of ether oxygens (including phenoxy) is 1. The highest BCUT2D eigenvalue weighted by molar-refractivity contribution is 7.88. The molecule has 1 aliphatic rings. The minimum atomic E-state index is -3.77. The largest absolute Gasteiger partial charge is 0.439 e. The monoisotopic (exact) mass is 408 g/mol. The van der Waals surface area contributed by atoms with Gasteiger partial charge in [-0.05, 0) is 23.3 Å². The molecule has 0 aromatic heterocycles. The second-order valence-corrected chi connectivity index (χ2v) is 8.22. The Balaban J connectivity index is 1.82. The molecule has 142 valence electrons. The van der Waals surface area contributed by atoms with Crippen LogP contribution in [0.2, 0.25) is 5.02 Å². The molecule has 1 N–H and O–H groups in total. The molecule has 7 nitrogen and oxygen atoms in total. The number of amides is 2. The Morgan fingerprint density at radius 3 is 2.48 bits per heavy atom. The lowest BCUT2D eigenvalue weighted by Crippen LogP contribution is -2.40. The number of carbonyl (C=O) groups excluding carboxylic acids is 2. The van der Waals surface area contributed by atoms with Crippen molar-refractivity contribution in [1.29, 1.82) is 0 Å². The van der Waals surface area contributed by atoms with Crippen LogP contribution in [0, 0.1) is 0 Å². The van der Waals surface area contributed by atoms with Crippen LogP contribution >= 0.6 is 11.6 Å². The molecule has 0 aliphatic carbocycles. The van der Waals surface area contributed by atoms with Gasteiger partial charge in [-0.2, -0.15) is 0 Å². The Hall–Kier alpha value is -2.42. The van der Waals surface area contributed by atoms with Gasteiger partial charge in [0.1, 0.15) is 0 Å². The van der Waals surface area contributed by atoms with Crippen LogP contribution in [-0.4, -0.2) is 38.5 Å². The first-order chi connectivity index (χ1) is 12.8. The van der Waals surface area contributed by atoms with E-state index in [0.29, 0.717) is 16.1 Å². The fourth-order valence-electron chi connectivity index (χ4n) is 2.74. The number of halogens is 1. The van der Waals surface area contributed by atoms with E-state index in [2.05, 4.69) is 4.72 Å². The van der Waals surface area contributed by atoms with Crippen LogP contribution in [0.1, 0.15) is 17.2 Å². The second kappa shape index (κ2) is 8.08. The Morgan fingerprint density at radius 1 is 1.11 bits per heavy atom. The van der Waals surface area contributed by atoms with E-state index in [1.54, 1.807) is 54.6 Å². The highest BCUT2D eigenvalue weighted by atomic mass is 35.5. The summed E-state index contributed by atoms with van der Waals surface area (Å²) in [6.45, 7) is -0.494. The first kappa shape index (κ1) is 19.3. The number of sulfonamides is 1. The number of nitrogens with zero attached hydrogens (tertiary/aromatic N) is 1. The van der Waals surface area contributed by atoms with Crippen molar-refractivity contribution in [2.24, 2.45) is 0 Å². The van der Waals surface area contributed by atoms with Crippen LogP contribution in [0.4, 0.5) is 4.79 Å². The molecule has 0 radical (unpaired) electrons. The van der Waals surface area contributed by atoms with Crippen molar-refractivity contribution < 1.29 is 22.7 Å². The van der Waals surface area contributed by atoms with Crippen molar-refractivity contribution in [3.8, 4) is 0 Å². The van der Waals surface area contributed by atoms with Gasteiger partial charge in [-0.25, -0.2) is 22.8 Å². The lowest BCUT2D eigenvalue weighted by Gasteiger charge is -2.22. The third-order valence-electron chi connectivity index (χ3n) is 3.98. The number of hydrogen-bond acceptors (Lipinski definition) is 5. The molecule has 9 heteroatoms. The topological polar surface area (TPSA) is 92.8 Å². The first-order valence-electron chi connectivity index (χ1n) is 8.10. The van der Waals surface area contributed by atoms with Gasteiger partial charge in [0, 0.05) is 5.02 Å². The minimum absolute atomic E-state index is 0.156. The zero-order chi connectivity index (χ0) is 19.4. The molecule has 27 heavy (non-hydrogen) atoms. The molecule has 1 fully saturated rings. The van der Waals surface area contributed by atoms with Gasteiger partial charge in [-0.1, -0.05) is 54.1 Å². The summed E-state index contributed by atoms with van der Waals surface area (Å²) in [5.74, 6) is -0.787. The second-order valence-electron chi connectivity index (χ2n) is 6.03. The number of imide groups is 1. The Kier molecular flexibility index (Phi) is 5.79. The molecule has 1 unspecified atom stereocenters. The molecule has 1 aliphatic heterocycles. The summed E-state index contributed by atoms with van der Waals surface area (Å²) in [4.78, 5) is 24.5. The summed E-state index contributed by atoms with van der Waals surface area (Å²) < 4.78 is 32.6. The van der Waals surface area contributed by atoms with Crippen molar-refractivity contribution in [3.63, 3.8) is 0 Å². The van der Waals surface area contributed by atoms with Crippen LogP contribution < -0.4 is 4.72 Å². The maximum atomic E-state index is 12.7. The van der Waals surface area contributed by atoms with Crippen LogP contribution in [0.25, 0.3) is 0 Å². The molecule has 1 atom stereocenters. The quantitative estimate of drug-likeness (QED) is 0.759. The normalized spacial score (nSPS) is 15.7. The van der Waals surface area contributed by atoms with Crippen LogP contribution in [-0.2, 0) is 25.3 Å². The standard InChI is InChI=1S/C18H17ClN2O5S/c19-15-8-4-5-13(9-15)12-27(24,25)20-16(14-6-2-1-3-7-14)10-21-17(22)11-26-18(21)23/h1-9,16,20H,10-12H2. The van der Waals surface area contributed by atoms with Gasteiger partial charge in [0.2, 0.25) is 10.0 Å². The van der Waals surface area contributed by atoms with Gasteiger partial charge >= 0.3 is 6.09 Å². The third kappa shape index (κ3) is 5.06. The van der Waals surface area contributed by atoms with E-state index in [4.69, 9.17) is 16.3 Å². The number of cyclic esters (lactones) is 1. The predicted molar refractivity (Wildman–Crippen MR) is 99.5 cm³/mol. The molecule has 2 aromatic carbocycles. The number of benzene rings is 2. The lowest BCUT2D eigenvalue weighted by atomic mass is 10.1. The van der Waals surface area contributed by atoms with Crippen LogP contribution in [0.15, 0.2) is 54.6 Å². The molecule has 1 heterocycles. The molecule has 2 amide bonds. The summed E-state index contributed by atoms with van der Waals surface area (Å²) in [6.07, 6.45) is -0.782. The van der Waals surface area contributed by atoms with E-state index < -0.39 is 28.1 Å². The lowest BCUT2D eigenvalue weighted by molar-refractivity contribution is -0.126. The van der Waals surface area contributed by atoms with Crippen molar-refractivity contribution in [3.05, 3.63) is 70.7 Å². The highest BCUT2D eigenvalue weighted by Crippen LogP contribution is 2.20. The maximum Gasteiger partial charge on any atom is 0.417 e. The molecule has 3 rings (SSSR count). The summed E-state index contributed by atoms with van der Waals surface area (Å²) in [5.41, 5.74) is 1.15. The number of rotatable bonds is 7. The Labute approximate surface area is 161 Å². The average Bonchev–Trinajstić information content (AvgIpc) is 2.93. The van der Waals surface area contributed by atoms with Gasteiger partial charge in [0.05, 0.1) is 18.3 Å². The summed E-state index contributed by atoms with van der Waals surface area (Å²) in [7, 11) is -3.77. The van der Waals surface area contributed by atoms with E-state index in [-0.39, 0.29) is 18.9 Å². The molecule has 2 aromatic rings. The molecular weight excluding hydrogens is 392 g/mol. The average molecular weight is 409 g/mol. The third-order valence-corrected chi connectivity index (χ3v) is 5.57. The number of carbonyl (C=O) groups is 2. The zero-order valence-electron chi connectivity index (χ0n) is 14.2. The minimum Gasteiger partial charge on any atom is -0.439 e. The fourth-order valence-corrected chi connectivity index (χ4v) is 4.30. The first-order valence-corrected chi connectivity index (χ1v) is 10.1. The van der Waals surface area contributed by atoms with Crippen LogP contribution in [0.5, 0.6) is 0 Å². The summed E-state index contributed by atoms with van der Waals surface area (Å²) >= 11 is 5.91. The fraction of sp³-hybridized carbons (Fsp3) is 0.222. The van der Waals surface area contributed by atoms with Gasteiger partial charge in [0.15, 0.2) is 6.61 Å². The predicted octanol–water partition coefficient (Wildman–Crippen LogP) is 2.48. The van der Waals surface area contributed by atoms with Gasteiger partial charge in [-0.3, -0.25) is 4.79 Å². The zero-order valence-corrected chi connectivity index (χ0v) is 15.7.